The number of fused-ring (bicyclic) bond motifs is 1. The standard InChI is InChI=1S/C25H27I2NO5/c1-4-28(5-2)11-12-32-25-18(26)13-16(14-19(25)27)24(30)23-17-9-7-8-10-20(17)33-21(23)15-22(29)31-6-3/h7-10,13-14H,4-6,11-12,15H2,1-3H3. The molecule has 3 rings (SSSR count). The van der Waals surface area contributed by atoms with Crippen LogP contribution < -0.4 is 4.74 Å². The third-order valence-corrected chi connectivity index (χ3v) is 6.92. The third-order valence-electron chi connectivity index (χ3n) is 5.31. The number of benzene rings is 2. The molecule has 0 aliphatic carbocycles. The number of likely N-dealkylation sites (N-methyl/N-ethyl adjacent to an activating group) is 1. The molecule has 0 N–H and O–H groups in total. The summed E-state index contributed by atoms with van der Waals surface area (Å²) in [6.07, 6.45) is -0.0929. The molecule has 0 fully saturated rings. The van der Waals surface area contributed by atoms with E-state index in [1.54, 1.807) is 13.0 Å². The first-order valence-electron chi connectivity index (χ1n) is 10.9. The van der Waals surface area contributed by atoms with Crippen LogP contribution in [-0.2, 0) is 16.0 Å². The maximum absolute atomic E-state index is 13.6. The first-order chi connectivity index (χ1) is 15.9. The van der Waals surface area contributed by atoms with Crippen molar-refractivity contribution in [3.63, 3.8) is 0 Å². The Morgan fingerprint density at radius 2 is 1.70 bits per heavy atom. The largest absolute Gasteiger partial charge is 0.490 e. The zero-order valence-electron chi connectivity index (χ0n) is 19.0. The number of nitrogens with zero attached hydrogens (tertiary/aromatic N) is 1. The number of halogens is 2. The monoisotopic (exact) mass is 675 g/mol. The van der Waals surface area contributed by atoms with E-state index in [9.17, 15) is 9.59 Å². The van der Waals surface area contributed by atoms with Gasteiger partial charge in [-0.3, -0.25) is 9.59 Å². The molecule has 0 spiro atoms. The second-order valence-electron chi connectivity index (χ2n) is 7.35. The van der Waals surface area contributed by atoms with Crippen molar-refractivity contribution in [2.75, 3.05) is 32.8 Å². The van der Waals surface area contributed by atoms with Crippen LogP contribution in [0.2, 0.25) is 0 Å². The fourth-order valence-electron chi connectivity index (χ4n) is 3.60. The minimum atomic E-state index is -0.424. The molecule has 0 saturated heterocycles. The van der Waals surface area contributed by atoms with E-state index < -0.39 is 5.97 Å². The highest BCUT2D eigenvalue weighted by Gasteiger charge is 2.25. The van der Waals surface area contributed by atoms with Crippen molar-refractivity contribution >= 4 is 67.9 Å². The lowest BCUT2D eigenvalue weighted by Crippen LogP contribution is -2.28. The van der Waals surface area contributed by atoms with E-state index in [2.05, 4.69) is 63.9 Å². The molecule has 3 aromatic rings. The fraction of sp³-hybridized carbons (Fsp3) is 0.360. The van der Waals surface area contributed by atoms with Crippen molar-refractivity contribution in [3.05, 3.63) is 60.4 Å². The lowest BCUT2D eigenvalue weighted by molar-refractivity contribution is -0.142. The Bertz CT molecular complexity index is 1110. The van der Waals surface area contributed by atoms with E-state index in [1.807, 2.05) is 30.3 Å². The smallest absolute Gasteiger partial charge is 0.313 e. The molecule has 8 heteroatoms. The van der Waals surface area contributed by atoms with Gasteiger partial charge >= 0.3 is 5.97 Å². The SMILES string of the molecule is CCOC(=O)Cc1oc2ccccc2c1C(=O)c1cc(I)c(OCCN(CC)CC)c(I)c1. The Hall–Kier alpha value is -1.66. The van der Waals surface area contributed by atoms with E-state index in [4.69, 9.17) is 13.9 Å². The average molecular weight is 675 g/mol. The molecular weight excluding hydrogens is 648 g/mol. The van der Waals surface area contributed by atoms with E-state index in [-0.39, 0.29) is 18.8 Å². The summed E-state index contributed by atoms with van der Waals surface area (Å²) >= 11 is 4.41. The summed E-state index contributed by atoms with van der Waals surface area (Å²) in [5, 5.41) is 0.686. The number of furan rings is 1. The van der Waals surface area contributed by atoms with Crippen LogP contribution in [0.1, 0.15) is 42.5 Å². The van der Waals surface area contributed by atoms with Gasteiger partial charge in [-0.15, -0.1) is 0 Å². The van der Waals surface area contributed by atoms with Gasteiger partial charge in [0.25, 0.3) is 0 Å². The van der Waals surface area contributed by atoms with Crippen LogP contribution in [-0.4, -0.2) is 49.5 Å². The molecule has 1 aromatic heterocycles. The number of rotatable bonds is 11. The van der Waals surface area contributed by atoms with Crippen molar-refractivity contribution in [3.8, 4) is 5.75 Å². The Balaban J connectivity index is 1.91. The number of carbonyl (C=O) groups excluding carboxylic acids is 2. The van der Waals surface area contributed by atoms with Crippen molar-refractivity contribution in [2.45, 2.75) is 27.2 Å². The van der Waals surface area contributed by atoms with E-state index in [0.717, 1.165) is 32.5 Å². The molecule has 0 aliphatic heterocycles. The van der Waals surface area contributed by atoms with Gasteiger partial charge in [-0.25, -0.2) is 0 Å². The summed E-state index contributed by atoms with van der Waals surface area (Å²) in [7, 11) is 0. The summed E-state index contributed by atoms with van der Waals surface area (Å²) in [5.41, 5.74) is 1.50. The molecule has 0 amide bonds. The number of ether oxygens (including phenoxy) is 2. The van der Waals surface area contributed by atoms with Gasteiger partial charge in [0, 0.05) is 17.5 Å². The second-order valence-corrected chi connectivity index (χ2v) is 9.68. The van der Waals surface area contributed by atoms with Crippen LogP contribution in [0.4, 0.5) is 0 Å². The normalized spacial score (nSPS) is 11.2. The molecule has 6 nitrogen and oxygen atoms in total. The number of hydrogen-bond acceptors (Lipinski definition) is 6. The summed E-state index contributed by atoms with van der Waals surface area (Å²) in [6.45, 7) is 9.67. The topological polar surface area (TPSA) is 69.0 Å². The van der Waals surface area contributed by atoms with Gasteiger partial charge in [0.1, 0.15) is 30.1 Å². The highest BCUT2D eigenvalue weighted by atomic mass is 127. The molecule has 0 unspecified atom stereocenters. The second kappa shape index (κ2) is 12.2. The Morgan fingerprint density at radius 1 is 1.03 bits per heavy atom. The van der Waals surface area contributed by atoms with Gasteiger partial charge in [-0.2, -0.15) is 0 Å². The molecule has 0 aliphatic rings. The lowest BCUT2D eigenvalue weighted by atomic mass is 9.99. The van der Waals surface area contributed by atoms with Gasteiger partial charge in [0.2, 0.25) is 0 Å². The van der Waals surface area contributed by atoms with E-state index in [1.165, 1.54) is 0 Å². The van der Waals surface area contributed by atoms with Crippen LogP contribution in [0.25, 0.3) is 11.0 Å². The number of hydrogen-bond donors (Lipinski definition) is 0. The number of carbonyl (C=O) groups is 2. The molecule has 0 saturated carbocycles. The van der Waals surface area contributed by atoms with E-state index in [0.29, 0.717) is 34.5 Å². The van der Waals surface area contributed by atoms with Crippen molar-refractivity contribution < 1.29 is 23.5 Å². The van der Waals surface area contributed by atoms with Crippen LogP contribution >= 0.6 is 45.2 Å². The lowest BCUT2D eigenvalue weighted by Gasteiger charge is -2.19. The predicted octanol–water partition coefficient (Wildman–Crippen LogP) is 5.70. The van der Waals surface area contributed by atoms with Gasteiger partial charge < -0.3 is 18.8 Å². The first-order valence-corrected chi connectivity index (χ1v) is 13.1. The number of para-hydroxylation sites is 1. The zero-order valence-corrected chi connectivity index (χ0v) is 23.3. The molecular formula is C25H27I2NO5. The summed E-state index contributed by atoms with van der Waals surface area (Å²) < 4.78 is 18.7. The quantitative estimate of drug-likeness (QED) is 0.148. The molecule has 0 bridgehead atoms. The molecule has 0 radical (unpaired) electrons. The zero-order chi connectivity index (χ0) is 24.0. The predicted molar refractivity (Wildman–Crippen MR) is 145 cm³/mol. The minimum absolute atomic E-state index is 0.0929. The summed E-state index contributed by atoms with van der Waals surface area (Å²) in [4.78, 5) is 28.0. The van der Waals surface area contributed by atoms with Gasteiger partial charge in [0.05, 0.1) is 19.3 Å². The molecule has 2 aromatic carbocycles. The number of ketones is 1. The van der Waals surface area contributed by atoms with Crippen molar-refractivity contribution in [1.29, 1.82) is 0 Å². The van der Waals surface area contributed by atoms with Crippen LogP contribution in [0, 0.1) is 7.14 Å². The summed E-state index contributed by atoms with van der Waals surface area (Å²) in [5.74, 6) is 0.490. The van der Waals surface area contributed by atoms with Crippen molar-refractivity contribution in [1.82, 2.24) is 4.90 Å². The minimum Gasteiger partial charge on any atom is -0.490 e. The number of esters is 1. The molecule has 0 atom stereocenters. The Morgan fingerprint density at radius 3 is 2.33 bits per heavy atom. The summed E-state index contributed by atoms with van der Waals surface area (Å²) in [6, 6.07) is 11.0. The first kappa shape index (κ1) is 26.0. The Kier molecular flexibility index (Phi) is 9.57. The molecule has 176 valence electrons. The fourth-order valence-corrected chi connectivity index (χ4v) is 5.68. The van der Waals surface area contributed by atoms with Crippen LogP contribution in [0.3, 0.4) is 0 Å². The van der Waals surface area contributed by atoms with Crippen LogP contribution in [0.15, 0.2) is 40.8 Å². The maximum atomic E-state index is 13.6. The van der Waals surface area contributed by atoms with Gasteiger partial charge in [-0.05, 0) is 83.4 Å². The van der Waals surface area contributed by atoms with Crippen molar-refractivity contribution in [2.24, 2.45) is 0 Å². The average Bonchev–Trinajstić information content (AvgIpc) is 3.15. The van der Waals surface area contributed by atoms with Crippen LogP contribution in [0.5, 0.6) is 5.75 Å². The van der Waals surface area contributed by atoms with Gasteiger partial charge in [0.15, 0.2) is 5.78 Å². The van der Waals surface area contributed by atoms with E-state index >= 15 is 0 Å². The van der Waals surface area contributed by atoms with Gasteiger partial charge in [-0.1, -0.05) is 32.0 Å². The molecule has 1 heterocycles. The highest BCUT2D eigenvalue weighted by molar-refractivity contribution is 14.1. The third kappa shape index (κ3) is 6.27. The Labute approximate surface area is 221 Å². The maximum Gasteiger partial charge on any atom is 0.313 e. The highest BCUT2D eigenvalue weighted by Crippen LogP contribution is 2.33. The molecule has 33 heavy (non-hydrogen) atoms.